The molecule has 0 amide bonds. The van der Waals surface area contributed by atoms with E-state index in [1.807, 2.05) is 12.2 Å². The van der Waals surface area contributed by atoms with E-state index in [0.29, 0.717) is 12.8 Å². The van der Waals surface area contributed by atoms with Gasteiger partial charge >= 0.3 is 11.9 Å². The summed E-state index contributed by atoms with van der Waals surface area (Å²) in [5.74, 6) is -1.85. The van der Waals surface area contributed by atoms with Crippen LogP contribution in [0.15, 0.2) is 85.1 Å². The third-order valence-electron chi connectivity index (χ3n) is 10.3. The molecule has 0 radical (unpaired) electrons. The first kappa shape index (κ1) is 57.5. The highest BCUT2D eigenvalue weighted by atomic mass is 16.6. The van der Waals surface area contributed by atoms with Gasteiger partial charge in [-0.1, -0.05) is 176 Å². The molecule has 0 aromatic rings. The molecule has 0 saturated heterocycles. The molecule has 0 N–H and O–H groups in total. The Bertz CT molecular complexity index is 1270. The van der Waals surface area contributed by atoms with Gasteiger partial charge in [0.1, 0.15) is 12.6 Å². The maximum atomic E-state index is 12.8. The van der Waals surface area contributed by atoms with Gasteiger partial charge in [0.15, 0.2) is 6.10 Å². The molecule has 0 saturated carbocycles. The molecule has 2 atom stereocenters. The lowest BCUT2D eigenvalue weighted by Gasteiger charge is -2.34. The Labute approximate surface area is 373 Å². The van der Waals surface area contributed by atoms with Crippen molar-refractivity contribution < 1.29 is 38.2 Å². The number of carbonyl (C=O) groups is 3. The van der Waals surface area contributed by atoms with Gasteiger partial charge in [-0.3, -0.25) is 9.59 Å². The fraction of sp³-hybridized carbons (Fsp3) is 0.679. The van der Waals surface area contributed by atoms with Crippen LogP contribution in [0.3, 0.4) is 0 Å². The van der Waals surface area contributed by atoms with E-state index in [4.69, 9.17) is 14.2 Å². The molecule has 8 heteroatoms. The van der Waals surface area contributed by atoms with E-state index >= 15 is 0 Å². The average Bonchev–Trinajstić information content (AvgIpc) is 3.22. The summed E-state index contributed by atoms with van der Waals surface area (Å²) < 4.78 is 17.1. The van der Waals surface area contributed by atoms with Crippen molar-refractivity contribution in [3.05, 3.63) is 85.1 Å². The molecule has 0 bridgehead atoms. The van der Waals surface area contributed by atoms with E-state index in [-0.39, 0.29) is 49.1 Å². The van der Waals surface area contributed by atoms with Crippen LogP contribution in [0, 0.1) is 0 Å². The van der Waals surface area contributed by atoms with Crippen LogP contribution in [-0.4, -0.2) is 75.5 Å². The number of ether oxygens (including phenoxy) is 3. The van der Waals surface area contributed by atoms with Crippen LogP contribution in [-0.2, 0) is 28.6 Å². The number of quaternary nitrogens is 1. The number of aliphatic carboxylic acids is 1. The number of esters is 2. The minimum Gasteiger partial charge on any atom is -0.544 e. The molecule has 0 aliphatic heterocycles. The van der Waals surface area contributed by atoms with E-state index in [1.165, 1.54) is 77.0 Å². The first-order valence-electron chi connectivity index (χ1n) is 24.1. The highest BCUT2D eigenvalue weighted by Crippen LogP contribution is 2.15. The summed E-state index contributed by atoms with van der Waals surface area (Å²) in [5, 5.41) is 11.6. The second-order valence-electron chi connectivity index (χ2n) is 16.9. The van der Waals surface area contributed by atoms with Crippen LogP contribution in [0.4, 0.5) is 0 Å². The minimum atomic E-state index is -1.14. The minimum absolute atomic E-state index is 0.0140. The Morgan fingerprint density at radius 3 is 1.34 bits per heavy atom. The summed E-state index contributed by atoms with van der Waals surface area (Å²) in [4.78, 5) is 36.9. The van der Waals surface area contributed by atoms with Gasteiger partial charge in [-0.15, -0.1) is 0 Å². The fourth-order valence-corrected chi connectivity index (χ4v) is 6.63. The molecule has 348 valence electrons. The molecule has 2 unspecified atom stereocenters. The van der Waals surface area contributed by atoms with Gasteiger partial charge in [-0.25, -0.2) is 0 Å². The normalized spacial score (nSPS) is 13.7. The highest BCUT2D eigenvalue weighted by Gasteiger charge is 2.25. The van der Waals surface area contributed by atoms with Crippen molar-refractivity contribution in [2.24, 2.45) is 0 Å². The van der Waals surface area contributed by atoms with Gasteiger partial charge in [-0.2, -0.15) is 0 Å². The summed E-state index contributed by atoms with van der Waals surface area (Å²) in [7, 11) is 5.38. The molecule has 0 aromatic carbocycles. The second-order valence-corrected chi connectivity index (χ2v) is 16.9. The molecular formula is C53H89NO7. The Morgan fingerprint density at radius 1 is 0.492 bits per heavy atom. The largest absolute Gasteiger partial charge is 0.544 e. The molecule has 61 heavy (non-hydrogen) atoms. The van der Waals surface area contributed by atoms with E-state index in [0.717, 1.165) is 64.2 Å². The quantitative estimate of drug-likeness (QED) is 0.0261. The molecular weight excluding hydrogens is 763 g/mol. The number of carbonyl (C=O) groups excluding carboxylic acids is 3. The molecule has 8 nitrogen and oxygen atoms in total. The van der Waals surface area contributed by atoms with Gasteiger partial charge in [0.05, 0.1) is 40.3 Å². The number of likely N-dealkylation sites (N-methyl/N-ethyl adjacent to an activating group) is 1. The van der Waals surface area contributed by atoms with E-state index < -0.39 is 18.1 Å². The lowest BCUT2D eigenvalue weighted by molar-refractivity contribution is -0.889. The number of rotatable bonds is 42. The first-order valence-corrected chi connectivity index (χ1v) is 24.1. The van der Waals surface area contributed by atoms with Crippen molar-refractivity contribution in [3.8, 4) is 0 Å². The number of carboxylic acids is 1. The Kier molecular flexibility index (Phi) is 40.7. The van der Waals surface area contributed by atoms with Crippen molar-refractivity contribution in [2.75, 3.05) is 41.0 Å². The Balaban J connectivity index is 4.35. The van der Waals surface area contributed by atoms with E-state index in [1.54, 1.807) is 21.1 Å². The zero-order valence-corrected chi connectivity index (χ0v) is 39.5. The number of unbranched alkanes of at least 4 members (excludes halogenated alkanes) is 14. The van der Waals surface area contributed by atoms with Crippen LogP contribution in [0.1, 0.15) is 181 Å². The fourth-order valence-electron chi connectivity index (χ4n) is 6.63. The number of allylic oxidation sites excluding steroid dienone is 14. The first-order chi connectivity index (χ1) is 29.6. The maximum absolute atomic E-state index is 12.8. The summed E-state index contributed by atoms with van der Waals surface area (Å²) in [6.07, 6.45) is 56.3. The molecule has 0 rings (SSSR count). The summed E-state index contributed by atoms with van der Waals surface area (Å²) in [5.41, 5.74) is 0. The van der Waals surface area contributed by atoms with E-state index in [2.05, 4.69) is 86.8 Å². The molecule has 0 fully saturated rings. The predicted octanol–water partition coefficient (Wildman–Crippen LogP) is 12.4. The van der Waals surface area contributed by atoms with Gasteiger partial charge in [0.25, 0.3) is 0 Å². The van der Waals surface area contributed by atoms with Crippen LogP contribution in [0.5, 0.6) is 0 Å². The predicted molar refractivity (Wildman–Crippen MR) is 254 cm³/mol. The Morgan fingerprint density at radius 2 is 0.902 bits per heavy atom. The van der Waals surface area contributed by atoms with Gasteiger partial charge in [0.2, 0.25) is 0 Å². The topological polar surface area (TPSA) is 102 Å². The molecule has 0 heterocycles. The molecule has 0 spiro atoms. The highest BCUT2D eigenvalue weighted by molar-refractivity contribution is 5.70. The summed E-state index contributed by atoms with van der Waals surface area (Å²) >= 11 is 0. The standard InChI is InChI=1S/C53H89NO7/c1-6-8-10-12-14-16-18-20-22-24-25-26-27-28-30-32-34-36-38-40-42-44-52(56)61-49(47-59-46-45-50(53(57)58)54(3,4)5)48-60-51(55)43-41-39-37-35-33-31-29-23-21-19-17-15-13-11-9-7-2/h8-11,14-17,21,23,31,33,37,39,49-50H,6-7,12-13,18-20,22,24-30,32,34-36,38,40-48H2,1-5H3/b10-8+,11-9+,16-14+,17-15+,23-21+,33-31+,39-37+. The van der Waals surface area contributed by atoms with Crippen LogP contribution in [0.2, 0.25) is 0 Å². The number of hydrogen-bond donors (Lipinski definition) is 0. The monoisotopic (exact) mass is 852 g/mol. The van der Waals surface area contributed by atoms with Crippen molar-refractivity contribution in [1.82, 2.24) is 0 Å². The van der Waals surface area contributed by atoms with Crippen LogP contribution >= 0.6 is 0 Å². The lowest BCUT2D eigenvalue weighted by Crippen LogP contribution is -2.55. The smallest absolute Gasteiger partial charge is 0.306 e. The second kappa shape index (κ2) is 43.2. The number of nitrogens with zero attached hydrogens (tertiary/aromatic N) is 1. The van der Waals surface area contributed by atoms with Gasteiger partial charge in [0, 0.05) is 19.3 Å². The van der Waals surface area contributed by atoms with Gasteiger partial charge in [-0.05, 0) is 70.6 Å². The Hall–Kier alpha value is -3.49. The van der Waals surface area contributed by atoms with Crippen molar-refractivity contribution >= 4 is 17.9 Å². The van der Waals surface area contributed by atoms with Gasteiger partial charge < -0.3 is 28.6 Å². The maximum Gasteiger partial charge on any atom is 0.306 e. The summed E-state index contributed by atoms with van der Waals surface area (Å²) in [6.45, 7) is 4.37. The van der Waals surface area contributed by atoms with Crippen LogP contribution < -0.4 is 5.11 Å². The zero-order chi connectivity index (χ0) is 44.9. The zero-order valence-electron chi connectivity index (χ0n) is 39.5. The third kappa shape index (κ3) is 41.6. The lowest BCUT2D eigenvalue weighted by atomic mass is 10.0. The summed E-state index contributed by atoms with van der Waals surface area (Å²) in [6, 6.07) is -0.740. The average molecular weight is 852 g/mol. The van der Waals surface area contributed by atoms with Crippen LogP contribution in [0.25, 0.3) is 0 Å². The van der Waals surface area contributed by atoms with Crippen molar-refractivity contribution in [3.63, 3.8) is 0 Å². The third-order valence-corrected chi connectivity index (χ3v) is 10.3. The molecule has 0 aliphatic rings. The SMILES string of the molecule is CC/C=C/C/C=C/C/C=C/C/C=C/C/C=C/CCC(=O)OCC(COCCC(C(=O)[O-])[N+](C)(C)C)OC(=O)CCCCCCCCCCCCCCCC/C=C/C/C=C/CC. The van der Waals surface area contributed by atoms with Crippen molar-refractivity contribution in [1.29, 1.82) is 0 Å². The molecule has 0 aromatic heterocycles. The molecule has 0 aliphatic carbocycles. The van der Waals surface area contributed by atoms with E-state index in [9.17, 15) is 19.5 Å². The van der Waals surface area contributed by atoms with Crippen molar-refractivity contribution in [2.45, 2.75) is 193 Å². The number of hydrogen-bond acceptors (Lipinski definition) is 7. The number of carboxylic acid groups (broad SMARTS) is 1.